The van der Waals surface area contributed by atoms with Crippen molar-refractivity contribution in [2.75, 3.05) is 40.9 Å². The summed E-state index contributed by atoms with van der Waals surface area (Å²) in [6.07, 6.45) is 2.83. The number of rotatable bonds is 7. The molecule has 2 atom stereocenters. The van der Waals surface area contributed by atoms with Gasteiger partial charge in [-0.25, -0.2) is 13.2 Å². The number of hydrogen-bond acceptors (Lipinski definition) is 7. The normalized spacial score (nSPS) is 23.2. The van der Waals surface area contributed by atoms with Crippen LogP contribution in [0.5, 0.6) is 0 Å². The van der Waals surface area contributed by atoms with Crippen LogP contribution in [0.3, 0.4) is 0 Å². The van der Waals surface area contributed by atoms with Crippen LogP contribution >= 0.6 is 11.8 Å². The smallest absolute Gasteiger partial charge is 0.407 e. The number of nitrogens with zero attached hydrogens (tertiary/aromatic N) is 3. The van der Waals surface area contributed by atoms with E-state index in [2.05, 4.69) is 57.7 Å². The fraction of sp³-hybridized carbons (Fsp3) is 0.516. The molecule has 5 rings (SSSR count). The Morgan fingerprint density at radius 1 is 1.00 bits per heavy atom. The van der Waals surface area contributed by atoms with Crippen LogP contribution in [0, 0.1) is 5.92 Å². The van der Waals surface area contributed by atoms with E-state index in [0.29, 0.717) is 11.1 Å². The predicted octanol–water partition coefficient (Wildman–Crippen LogP) is 4.66. The number of hydrogen-bond donors (Lipinski definition) is 1. The molecule has 2 amide bonds. The van der Waals surface area contributed by atoms with E-state index in [0.717, 1.165) is 43.7 Å². The summed E-state index contributed by atoms with van der Waals surface area (Å²) in [5.41, 5.74) is 2.74. The van der Waals surface area contributed by atoms with Gasteiger partial charge in [-0.05, 0) is 75.8 Å². The quantitative estimate of drug-likeness (QED) is 0.481. The van der Waals surface area contributed by atoms with Crippen molar-refractivity contribution in [3.63, 3.8) is 0 Å². The molecule has 1 N–H and O–H groups in total. The molecule has 3 saturated heterocycles. The number of nitrogens with one attached hydrogen (secondary N) is 1. The molecule has 0 aliphatic carbocycles. The lowest BCUT2D eigenvalue weighted by Crippen LogP contribution is -2.38. The number of thioether (sulfide) groups is 1. The number of fused-ring (bicyclic) bond motifs is 1. The van der Waals surface area contributed by atoms with E-state index in [9.17, 15) is 18.0 Å². The Labute approximate surface area is 253 Å². The van der Waals surface area contributed by atoms with E-state index < -0.39 is 21.5 Å². The van der Waals surface area contributed by atoms with Crippen molar-refractivity contribution in [1.82, 2.24) is 5.32 Å². The Morgan fingerprint density at radius 2 is 1.67 bits per heavy atom. The third-order valence-corrected chi connectivity index (χ3v) is 11.0. The molecule has 0 radical (unpaired) electrons. The monoisotopic (exact) mass is 612 g/mol. The van der Waals surface area contributed by atoms with Crippen LogP contribution in [-0.2, 0) is 25.8 Å². The number of aliphatic imine (C=N–C) groups is 1. The van der Waals surface area contributed by atoms with Crippen molar-refractivity contribution in [3.8, 4) is 0 Å². The highest BCUT2D eigenvalue weighted by molar-refractivity contribution is 8.16. The number of amides is 2. The van der Waals surface area contributed by atoms with Gasteiger partial charge in [0.15, 0.2) is 15.0 Å². The lowest BCUT2D eigenvalue weighted by atomic mass is 9.90. The Morgan fingerprint density at radius 3 is 2.33 bits per heavy atom. The summed E-state index contributed by atoms with van der Waals surface area (Å²) in [4.78, 5) is 33.3. The zero-order valence-corrected chi connectivity index (χ0v) is 26.1. The van der Waals surface area contributed by atoms with E-state index in [-0.39, 0.29) is 41.7 Å². The molecule has 2 aromatic carbocycles. The van der Waals surface area contributed by atoms with Gasteiger partial charge in [-0.1, -0.05) is 42.1 Å². The molecule has 9 nitrogen and oxygen atoms in total. The molecule has 0 spiro atoms. The van der Waals surface area contributed by atoms with Gasteiger partial charge in [-0.15, -0.1) is 0 Å². The highest BCUT2D eigenvalue weighted by Crippen LogP contribution is 2.41. The van der Waals surface area contributed by atoms with Crippen LogP contribution in [0.15, 0.2) is 59.6 Å². The molecule has 2 aromatic rings. The molecule has 3 fully saturated rings. The lowest BCUT2D eigenvalue weighted by molar-refractivity contribution is -0.117. The van der Waals surface area contributed by atoms with Crippen molar-refractivity contribution in [3.05, 3.63) is 60.2 Å². The maximum absolute atomic E-state index is 12.7. The summed E-state index contributed by atoms with van der Waals surface area (Å²) < 4.78 is 30.1. The summed E-state index contributed by atoms with van der Waals surface area (Å²) in [5.74, 6) is 0.412. The van der Waals surface area contributed by atoms with Crippen LogP contribution in [0.2, 0.25) is 0 Å². The number of amidine groups is 1. The van der Waals surface area contributed by atoms with Gasteiger partial charge < -0.3 is 19.9 Å². The Hall–Kier alpha value is -3.05. The van der Waals surface area contributed by atoms with Crippen LogP contribution in [-0.4, -0.2) is 73.6 Å². The van der Waals surface area contributed by atoms with Crippen molar-refractivity contribution < 1.29 is 22.7 Å². The molecule has 0 bridgehead atoms. The summed E-state index contributed by atoms with van der Waals surface area (Å²) in [6, 6.07) is 18.6. The number of benzene rings is 2. The van der Waals surface area contributed by atoms with Crippen LogP contribution in [0.1, 0.15) is 45.6 Å². The molecule has 0 aromatic heterocycles. The van der Waals surface area contributed by atoms with Crippen LogP contribution < -0.4 is 15.1 Å². The second-order valence-corrected chi connectivity index (χ2v) is 15.6. The van der Waals surface area contributed by atoms with Crippen molar-refractivity contribution in [1.29, 1.82) is 0 Å². The van der Waals surface area contributed by atoms with E-state index >= 15 is 0 Å². The molecule has 3 aliphatic rings. The van der Waals surface area contributed by atoms with Crippen LogP contribution in [0.4, 0.5) is 16.2 Å². The second-order valence-electron chi connectivity index (χ2n) is 12.3. The van der Waals surface area contributed by atoms with Gasteiger partial charge in [0.1, 0.15) is 5.60 Å². The molecule has 0 saturated carbocycles. The maximum atomic E-state index is 12.7. The Balaban J connectivity index is 1.23. The first kappa shape index (κ1) is 30.4. The van der Waals surface area contributed by atoms with Gasteiger partial charge >= 0.3 is 6.09 Å². The summed E-state index contributed by atoms with van der Waals surface area (Å²) >= 11 is 1.35. The maximum Gasteiger partial charge on any atom is 0.407 e. The van der Waals surface area contributed by atoms with Gasteiger partial charge in [0.2, 0.25) is 5.91 Å². The first-order chi connectivity index (χ1) is 20.0. The summed E-state index contributed by atoms with van der Waals surface area (Å²) in [6.45, 7) is 7.42. The lowest BCUT2D eigenvalue weighted by Gasteiger charge is -2.34. The average Bonchev–Trinajstić information content (AvgIpc) is 3.39. The zero-order valence-electron chi connectivity index (χ0n) is 24.5. The number of piperidine rings is 1. The number of carbonyl (C=O) groups excluding carboxylic acids is 2. The molecule has 11 heteroatoms. The third-order valence-electron chi connectivity index (χ3n) is 7.77. The minimum absolute atomic E-state index is 0.0178. The summed E-state index contributed by atoms with van der Waals surface area (Å²) in [7, 11) is -3.16. The van der Waals surface area contributed by atoms with E-state index in [1.165, 1.54) is 17.3 Å². The van der Waals surface area contributed by atoms with Gasteiger partial charge in [0, 0.05) is 42.7 Å². The minimum Gasteiger partial charge on any atom is -0.444 e. The molecular formula is C31H40N4O5S2. The summed E-state index contributed by atoms with van der Waals surface area (Å²) in [5, 5.41) is 2.92. The van der Waals surface area contributed by atoms with Gasteiger partial charge in [0.25, 0.3) is 0 Å². The Bertz CT molecular complexity index is 1400. The molecule has 42 heavy (non-hydrogen) atoms. The average molecular weight is 613 g/mol. The first-order valence-corrected chi connectivity index (χ1v) is 17.3. The fourth-order valence-electron chi connectivity index (χ4n) is 5.78. The molecule has 2 unspecified atom stereocenters. The molecule has 3 aliphatic heterocycles. The van der Waals surface area contributed by atoms with E-state index in [1.807, 2.05) is 17.0 Å². The number of carbonyl (C=O) groups is 2. The van der Waals surface area contributed by atoms with E-state index in [1.54, 1.807) is 20.8 Å². The highest BCUT2D eigenvalue weighted by Gasteiger charge is 2.49. The number of alkyl carbamates (subject to hydrolysis) is 1. The molecular weight excluding hydrogens is 572 g/mol. The Kier molecular flexibility index (Phi) is 9.17. The predicted molar refractivity (Wildman–Crippen MR) is 169 cm³/mol. The molecule has 3 heterocycles. The van der Waals surface area contributed by atoms with Crippen molar-refractivity contribution in [2.45, 2.75) is 63.3 Å². The van der Waals surface area contributed by atoms with Crippen molar-refractivity contribution in [2.24, 2.45) is 10.9 Å². The van der Waals surface area contributed by atoms with Gasteiger partial charge in [-0.3, -0.25) is 4.79 Å². The number of sulfone groups is 1. The van der Waals surface area contributed by atoms with Crippen LogP contribution in [0.25, 0.3) is 0 Å². The number of anilines is 2. The topological polar surface area (TPSA) is 108 Å². The van der Waals surface area contributed by atoms with E-state index in [4.69, 9.17) is 4.74 Å². The molecule has 226 valence electrons. The largest absolute Gasteiger partial charge is 0.444 e. The van der Waals surface area contributed by atoms with Gasteiger partial charge in [0.05, 0.1) is 17.5 Å². The van der Waals surface area contributed by atoms with Crippen molar-refractivity contribution >= 4 is 50.1 Å². The highest BCUT2D eigenvalue weighted by atomic mass is 32.2. The third kappa shape index (κ3) is 7.86. The minimum atomic E-state index is -3.16. The second kappa shape index (κ2) is 12.7. The SMILES string of the molecule is CC(C)(C)OC(=O)NCCC(=O)N=C1SC2CS(=O)(=O)CC2N1c1ccc(N2CCC(Cc3ccccc3)CC2)cc1. The number of ether oxygens (including phenoxy) is 1. The zero-order chi connectivity index (χ0) is 29.9. The fourth-order valence-corrected chi connectivity index (χ4v) is 9.71. The van der Waals surface area contributed by atoms with Gasteiger partial charge in [-0.2, -0.15) is 4.99 Å². The first-order valence-electron chi connectivity index (χ1n) is 14.6. The standard InChI is InChI=1S/C31H40N4O5S2/c1-31(2,3)40-30(37)32-16-13-28(36)33-29-35(26-20-42(38,39)21-27(26)41-29)25-11-9-24(10-12-25)34-17-14-23(15-18-34)19-22-7-5-4-6-8-22/h4-12,23,26-27H,13-21H2,1-3H3,(H,32,37).